The lowest BCUT2D eigenvalue weighted by Crippen LogP contribution is -2.28. The van der Waals surface area contributed by atoms with Crippen LogP contribution in [0, 0.1) is 0 Å². The van der Waals surface area contributed by atoms with E-state index in [1.54, 1.807) is 0 Å². The third kappa shape index (κ3) is 11.0. The quantitative estimate of drug-likeness (QED) is 0.513. The molecule has 0 heterocycles. The minimum Gasteiger partial charge on any atom is -0.194 e. The van der Waals surface area contributed by atoms with Gasteiger partial charge in [0.2, 0.25) is 0 Å². The molecule has 1 N–H and O–H groups in total. The minimum atomic E-state index is -3.73. The Hall–Kier alpha value is -0.130. The van der Waals surface area contributed by atoms with Crippen molar-refractivity contribution in [3.8, 4) is 0 Å². The molecule has 0 fully saturated rings. The first-order chi connectivity index (χ1) is 8.48. The molecule has 18 heavy (non-hydrogen) atoms. The molecule has 0 aromatic carbocycles. The van der Waals surface area contributed by atoms with E-state index in [9.17, 15) is 8.42 Å². The van der Waals surface area contributed by atoms with Gasteiger partial charge in [0.05, 0.1) is 0 Å². The lowest BCUT2D eigenvalue weighted by molar-refractivity contribution is 0.447. The second-order valence-electron chi connectivity index (χ2n) is 5.01. The van der Waals surface area contributed by atoms with E-state index in [2.05, 4.69) is 6.92 Å². The van der Waals surface area contributed by atoms with Crippen LogP contribution in [-0.4, -0.2) is 26.3 Å². The highest BCUT2D eigenvalue weighted by Gasteiger charge is 2.10. The zero-order valence-electron chi connectivity index (χ0n) is 12.0. The number of hydrogen-bond donors (Lipinski definition) is 0. The highest BCUT2D eigenvalue weighted by molar-refractivity contribution is 7.86. The normalized spacial score (nSPS) is 12.2. The van der Waals surface area contributed by atoms with Gasteiger partial charge in [0, 0.05) is 13.6 Å². The van der Waals surface area contributed by atoms with Gasteiger partial charge in [0.1, 0.15) is 0 Å². The Morgan fingerprint density at radius 1 is 0.833 bits per heavy atom. The molecule has 4 nitrogen and oxygen atoms in total. The Bertz CT molecular complexity index is 279. The standard InChI is InChI=1S/C13H29N2O2S/c1-3-4-5-6-7-8-9-10-11-12-13-15(2)18(14,16)17/h14H,3-13H2,1-2H3. The predicted octanol–water partition coefficient (Wildman–Crippen LogP) is 3.37. The van der Waals surface area contributed by atoms with E-state index in [0.29, 0.717) is 6.54 Å². The first kappa shape index (κ1) is 17.9. The summed E-state index contributed by atoms with van der Waals surface area (Å²) in [6.45, 7) is 2.70. The first-order valence-corrected chi connectivity index (χ1v) is 8.63. The maximum atomic E-state index is 10.8. The van der Waals surface area contributed by atoms with Gasteiger partial charge in [-0.2, -0.15) is 12.7 Å². The van der Waals surface area contributed by atoms with Crippen LogP contribution in [0.1, 0.15) is 71.1 Å². The third-order valence-corrected chi connectivity index (χ3v) is 4.24. The molecule has 0 saturated heterocycles. The van der Waals surface area contributed by atoms with E-state index >= 15 is 0 Å². The first-order valence-electron chi connectivity index (χ1n) is 7.19. The lowest BCUT2D eigenvalue weighted by atomic mass is 10.1. The summed E-state index contributed by atoms with van der Waals surface area (Å²) in [5, 5.41) is 6.86. The lowest BCUT2D eigenvalue weighted by Gasteiger charge is -2.12. The van der Waals surface area contributed by atoms with Crippen LogP contribution in [0.2, 0.25) is 0 Å². The second-order valence-corrected chi connectivity index (χ2v) is 6.58. The summed E-state index contributed by atoms with van der Waals surface area (Å²) in [5.74, 6) is 0. The summed E-state index contributed by atoms with van der Waals surface area (Å²) in [7, 11) is -2.26. The van der Waals surface area contributed by atoms with E-state index in [4.69, 9.17) is 5.14 Å². The summed E-state index contributed by atoms with van der Waals surface area (Å²) < 4.78 is 22.7. The number of unbranched alkanes of at least 4 members (excludes halogenated alkanes) is 9. The van der Waals surface area contributed by atoms with Crippen molar-refractivity contribution in [3.05, 3.63) is 0 Å². The number of nitrogens with zero attached hydrogens (tertiary/aromatic N) is 1. The Morgan fingerprint density at radius 3 is 1.61 bits per heavy atom. The van der Waals surface area contributed by atoms with Crippen molar-refractivity contribution < 1.29 is 8.42 Å². The highest BCUT2D eigenvalue weighted by Crippen LogP contribution is 2.10. The SMILES string of the molecule is CCCCCCCCCCCCN(C)S([NH])(=O)=O. The van der Waals surface area contributed by atoms with Gasteiger partial charge in [0.25, 0.3) is 10.2 Å². The molecule has 0 saturated carbocycles. The zero-order valence-corrected chi connectivity index (χ0v) is 12.8. The van der Waals surface area contributed by atoms with Gasteiger partial charge >= 0.3 is 0 Å². The molecule has 0 aliphatic carbocycles. The topological polar surface area (TPSA) is 61.2 Å². The van der Waals surface area contributed by atoms with E-state index in [1.165, 1.54) is 58.4 Å². The monoisotopic (exact) mass is 277 g/mol. The van der Waals surface area contributed by atoms with Gasteiger partial charge in [-0.05, 0) is 6.42 Å². The third-order valence-electron chi connectivity index (χ3n) is 3.24. The van der Waals surface area contributed by atoms with Gasteiger partial charge < -0.3 is 0 Å². The van der Waals surface area contributed by atoms with E-state index in [1.807, 2.05) is 0 Å². The molecule has 0 atom stereocenters. The molecule has 0 aromatic heterocycles. The van der Waals surface area contributed by atoms with Crippen LogP contribution in [0.5, 0.6) is 0 Å². The molecule has 5 heteroatoms. The van der Waals surface area contributed by atoms with Crippen molar-refractivity contribution in [1.82, 2.24) is 9.44 Å². The number of nitrogens with one attached hydrogen (secondary N) is 1. The van der Waals surface area contributed by atoms with E-state index < -0.39 is 10.2 Å². The molecule has 0 bridgehead atoms. The van der Waals surface area contributed by atoms with Crippen molar-refractivity contribution >= 4 is 10.2 Å². The van der Waals surface area contributed by atoms with Gasteiger partial charge in [-0.15, -0.1) is 5.14 Å². The molecule has 0 spiro atoms. The molecule has 0 aliphatic heterocycles. The van der Waals surface area contributed by atoms with Crippen molar-refractivity contribution in [2.24, 2.45) is 0 Å². The fourth-order valence-corrected chi connectivity index (χ4v) is 2.31. The molecule has 0 rings (SSSR count). The molecule has 0 unspecified atom stereocenters. The molecular formula is C13H29N2O2S. The van der Waals surface area contributed by atoms with Crippen molar-refractivity contribution in [2.75, 3.05) is 13.6 Å². The van der Waals surface area contributed by atoms with Crippen LogP contribution in [0.4, 0.5) is 0 Å². The number of hydrogen-bond acceptors (Lipinski definition) is 2. The summed E-state index contributed by atoms with van der Waals surface area (Å²) >= 11 is 0. The Balaban J connectivity index is 3.22. The van der Waals surface area contributed by atoms with Crippen molar-refractivity contribution in [2.45, 2.75) is 71.1 Å². The zero-order chi connectivity index (χ0) is 13.9. The maximum absolute atomic E-state index is 10.8. The van der Waals surface area contributed by atoms with Crippen LogP contribution in [-0.2, 0) is 10.2 Å². The van der Waals surface area contributed by atoms with Crippen LogP contribution in [0.25, 0.3) is 0 Å². The van der Waals surface area contributed by atoms with Crippen molar-refractivity contribution in [1.29, 1.82) is 0 Å². The summed E-state index contributed by atoms with van der Waals surface area (Å²) in [6, 6.07) is 0. The fraction of sp³-hybridized carbons (Fsp3) is 1.00. The summed E-state index contributed by atoms with van der Waals surface area (Å²) in [6.07, 6.45) is 12.4. The second kappa shape index (κ2) is 10.8. The smallest absolute Gasteiger partial charge is 0.194 e. The van der Waals surface area contributed by atoms with Gasteiger partial charge in [-0.3, -0.25) is 0 Å². The number of rotatable bonds is 12. The molecule has 0 amide bonds. The molecule has 0 aromatic rings. The predicted molar refractivity (Wildman–Crippen MR) is 76.5 cm³/mol. The Labute approximate surface area is 113 Å². The van der Waals surface area contributed by atoms with Crippen LogP contribution in [0.3, 0.4) is 0 Å². The average molecular weight is 277 g/mol. The van der Waals surface area contributed by atoms with Gasteiger partial charge in [0.15, 0.2) is 0 Å². The van der Waals surface area contributed by atoms with Crippen molar-refractivity contribution in [3.63, 3.8) is 0 Å². The highest BCUT2D eigenvalue weighted by atomic mass is 32.2. The Morgan fingerprint density at radius 2 is 1.22 bits per heavy atom. The van der Waals surface area contributed by atoms with Crippen LogP contribution >= 0.6 is 0 Å². The average Bonchev–Trinajstić information content (AvgIpc) is 2.30. The Kier molecular flexibility index (Phi) is 10.7. The van der Waals surface area contributed by atoms with E-state index in [-0.39, 0.29) is 0 Å². The maximum Gasteiger partial charge on any atom is 0.292 e. The van der Waals surface area contributed by atoms with Crippen LogP contribution < -0.4 is 5.14 Å². The summed E-state index contributed by atoms with van der Waals surface area (Å²) in [4.78, 5) is 0. The fourth-order valence-electron chi connectivity index (χ4n) is 1.94. The largest absolute Gasteiger partial charge is 0.292 e. The molecule has 1 radical (unpaired) electrons. The summed E-state index contributed by atoms with van der Waals surface area (Å²) in [5.41, 5.74) is 0. The minimum absolute atomic E-state index is 0.475. The van der Waals surface area contributed by atoms with Gasteiger partial charge in [-0.25, -0.2) is 0 Å². The van der Waals surface area contributed by atoms with Crippen LogP contribution in [0.15, 0.2) is 0 Å². The molecule has 109 valence electrons. The van der Waals surface area contributed by atoms with Gasteiger partial charge in [-0.1, -0.05) is 64.7 Å². The molecule has 0 aliphatic rings. The van der Waals surface area contributed by atoms with E-state index in [0.717, 1.165) is 17.1 Å². The molecular weight excluding hydrogens is 248 g/mol.